The van der Waals surface area contributed by atoms with Crippen LogP contribution in [0.4, 0.5) is 0 Å². The first-order chi connectivity index (χ1) is 23.2. The van der Waals surface area contributed by atoms with Gasteiger partial charge in [0.05, 0.1) is 5.54 Å². The van der Waals surface area contributed by atoms with Gasteiger partial charge in [0, 0.05) is 6.20 Å². The minimum Gasteiger partial charge on any atom is -0.475 e. The van der Waals surface area contributed by atoms with Crippen molar-refractivity contribution >= 4 is 5.97 Å². The Morgan fingerprint density at radius 3 is 2.55 bits per heavy atom. The van der Waals surface area contributed by atoms with E-state index in [2.05, 4.69) is 83.5 Å². The zero-order valence-corrected chi connectivity index (χ0v) is 30.8. The van der Waals surface area contributed by atoms with Crippen molar-refractivity contribution in [1.82, 2.24) is 4.98 Å². The van der Waals surface area contributed by atoms with Gasteiger partial charge in [-0.3, -0.25) is 4.79 Å². The number of ether oxygens (including phenoxy) is 2. The number of nitriles is 1. The van der Waals surface area contributed by atoms with Crippen LogP contribution >= 0.6 is 0 Å². The first kappa shape index (κ1) is 34.5. The van der Waals surface area contributed by atoms with Crippen molar-refractivity contribution in [3.63, 3.8) is 0 Å². The minimum atomic E-state index is -0.860. The second-order valence-electron chi connectivity index (χ2n) is 18.4. The first-order valence-corrected chi connectivity index (χ1v) is 19.2. The Bertz CT molecular complexity index is 1590. The fourth-order valence-corrected chi connectivity index (χ4v) is 12.8. The molecule has 1 aromatic rings. The number of nitrogens with two attached hydrogens (primary N) is 1. The minimum absolute atomic E-state index is 0.0196. The lowest BCUT2D eigenvalue weighted by Gasteiger charge is -2.70. The number of hydrogen-bond donors (Lipinski definition) is 1. The maximum absolute atomic E-state index is 14.7. The number of esters is 1. The van der Waals surface area contributed by atoms with E-state index in [1.165, 1.54) is 31.3 Å². The number of pyridine rings is 1. The van der Waals surface area contributed by atoms with Gasteiger partial charge in [0.2, 0.25) is 5.88 Å². The van der Waals surface area contributed by atoms with Crippen molar-refractivity contribution in [3.05, 3.63) is 60.3 Å². The number of hydrogen-bond acceptors (Lipinski definition) is 6. The molecule has 6 aliphatic rings. The summed E-state index contributed by atoms with van der Waals surface area (Å²) in [4.78, 5) is 19.1. The third-order valence-electron chi connectivity index (χ3n) is 15.8. The predicted molar refractivity (Wildman–Crippen MR) is 193 cm³/mol. The SMILES string of the molecule is C=C(C)[C@@H]1CC[C@@]2(N)C(OC(=O)C3(COc4ncccc4C#N)CC=CCC3)C[C@]3(C)[C@H](CC[C@@H]4[C@@H]5[C@@H](CC[C@]43C)C(C)(C)C=C[C@@H]5C)[C@@H]12. The zero-order valence-electron chi connectivity index (χ0n) is 30.8. The Morgan fingerprint density at radius 2 is 1.84 bits per heavy atom. The molecular weight excluding hydrogens is 606 g/mol. The number of nitrogens with zero attached hydrogens (tertiary/aromatic N) is 2. The highest BCUT2D eigenvalue weighted by molar-refractivity contribution is 5.78. The molecule has 6 heteroatoms. The average Bonchev–Trinajstić information content (AvgIpc) is 3.44. The molecule has 2 N–H and O–H groups in total. The third-order valence-corrected chi connectivity index (χ3v) is 15.8. The lowest BCUT2D eigenvalue weighted by Crippen LogP contribution is -2.71. The highest BCUT2D eigenvalue weighted by Gasteiger charge is 2.71. The summed E-state index contributed by atoms with van der Waals surface area (Å²) in [5, 5.41) is 9.65. The summed E-state index contributed by atoms with van der Waals surface area (Å²) in [6, 6.07) is 5.59. The number of aromatic nitrogens is 1. The van der Waals surface area contributed by atoms with Crippen LogP contribution in [0.2, 0.25) is 0 Å². The molecule has 1 heterocycles. The molecule has 49 heavy (non-hydrogen) atoms. The van der Waals surface area contributed by atoms with Crippen molar-refractivity contribution in [3.8, 4) is 11.9 Å². The van der Waals surface area contributed by atoms with Gasteiger partial charge in [-0.1, -0.05) is 71.1 Å². The number of rotatable bonds is 6. The molecule has 0 aromatic carbocycles. The molecule has 0 aliphatic heterocycles. The molecule has 1 aromatic heterocycles. The molecule has 6 aliphatic carbocycles. The van der Waals surface area contributed by atoms with Crippen LogP contribution < -0.4 is 10.5 Å². The second kappa shape index (κ2) is 12.1. The summed E-state index contributed by atoms with van der Waals surface area (Å²) in [6.45, 7) is 19.4. The zero-order chi connectivity index (χ0) is 35.0. The molecule has 0 spiro atoms. The van der Waals surface area contributed by atoms with E-state index in [0.717, 1.165) is 25.7 Å². The smallest absolute Gasteiger partial charge is 0.316 e. The molecule has 12 atom stereocenters. The molecule has 4 fully saturated rings. The Balaban J connectivity index is 1.24. The quantitative estimate of drug-likeness (QED) is 0.241. The van der Waals surface area contributed by atoms with Gasteiger partial charge >= 0.3 is 5.97 Å². The normalized spacial score (nSPS) is 44.8. The van der Waals surface area contributed by atoms with Crippen LogP contribution in [0.15, 0.2) is 54.8 Å². The van der Waals surface area contributed by atoms with Crippen molar-refractivity contribution in [1.29, 1.82) is 5.26 Å². The second-order valence-corrected chi connectivity index (χ2v) is 18.4. The van der Waals surface area contributed by atoms with Crippen molar-refractivity contribution in [2.45, 2.75) is 117 Å². The standard InChI is InChI=1S/C43H59N3O3/c1-27(2)30-16-22-43(45)34(49-38(47)42(18-9-8-10-19-42)26-48-37-29(25-44)12-11-23-46-37)24-41(7)33(36(30)43)14-13-32-35-28(3)15-20-39(4,5)31(35)17-21-40(32,41)6/h8-9,11-12,15,20,23,28,30-36H,1,10,13-14,16-19,21-22,24,26,45H2,2-7H3/t28-,30-,31+,32+,33+,34?,35-,36+,40+,41+,42?,43+/m0/s1. The van der Waals surface area contributed by atoms with Crippen LogP contribution in [0, 0.1) is 74.4 Å². The van der Waals surface area contributed by atoms with E-state index >= 15 is 0 Å². The van der Waals surface area contributed by atoms with Gasteiger partial charge in [0.25, 0.3) is 0 Å². The Morgan fingerprint density at radius 1 is 1.06 bits per heavy atom. The molecule has 0 radical (unpaired) electrons. The molecule has 0 saturated heterocycles. The Kier molecular flexibility index (Phi) is 8.53. The topological polar surface area (TPSA) is 98.2 Å². The fourth-order valence-electron chi connectivity index (χ4n) is 12.8. The number of allylic oxidation sites excluding steroid dienone is 5. The van der Waals surface area contributed by atoms with Gasteiger partial charge in [-0.05, 0) is 141 Å². The molecule has 0 bridgehead atoms. The van der Waals surface area contributed by atoms with Crippen LogP contribution in [0.3, 0.4) is 0 Å². The molecule has 6 nitrogen and oxygen atoms in total. The number of carbonyl (C=O) groups excluding carboxylic acids is 1. The largest absolute Gasteiger partial charge is 0.475 e. The van der Waals surface area contributed by atoms with Gasteiger partial charge in [0.1, 0.15) is 29.8 Å². The average molecular weight is 666 g/mol. The van der Waals surface area contributed by atoms with Gasteiger partial charge in [0.15, 0.2) is 0 Å². The Labute approximate surface area is 295 Å². The summed E-state index contributed by atoms with van der Waals surface area (Å²) >= 11 is 0. The van der Waals surface area contributed by atoms with Gasteiger partial charge in [-0.15, -0.1) is 0 Å². The van der Waals surface area contributed by atoms with E-state index in [-0.39, 0.29) is 46.7 Å². The molecule has 0 amide bonds. The van der Waals surface area contributed by atoms with Crippen molar-refractivity contribution in [2.24, 2.45) is 68.8 Å². The summed E-state index contributed by atoms with van der Waals surface area (Å²) in [7, 11) is 0. The number of carbonyl (C=O) groups is 1. The number of fused-ring (bicyclic) bond motifs is 7. The highest BCUT2D eigenvalue weighted by atomic mass is 16.6. The van der Waals surface area contributed by atoms with E-state index in [4.69, 9.17) is 15.2 Å². The summed E-state index contributed by atoms with van der Waals surface area (Å²) in [6.07, 6.45) is 20.0. The van der Waals surface area contributed by atoms with Gasteiger partial charge in [-0.2, -0.15) is 5.26 Å². The van der Waals surface area contributed by atoms with Crippen molar-refractivity contribution in [2.75, 3.05) is 6.61 Å². The van der Waals surface area contributed by atoms with Crippen LogP contribution in [0.25, 0.3) is 0 Å². The van der Waals surface area contributed by atoms with E-state index in [0.29, 0.717) is 53.9 Å². The van der Waals surface area contributed by atoms with Crippen LogP contribution in [-0.4, -0.2) is 29.2 Å². The Hall–Kier alpha value is -2.91. The highest BCUT2D eigenvalue weighted by Crippen LogP contribution is 2.74. The predicted octanol–water partition coefficient (Wildman–Crippen LogP) is 8.97. The summed E-state index contributed by atoms with van der Waals surface area (Å²) < 4.78 is 13.1. The third kappa shape index (κ3) is 5.18. The lowest BCUT2D eigenvalue weighted by atomic mass is 9.35. The molecule has 2 unspecified atom stereocenters. The first-order valence-electron chi connectivity index (χ1n) is 19.2. The molecule has 7 rings (SSSR count). The molecule has 264 valence electrons. The van der Waals surface area contributed by atoms with E-state index < -0.39 is 11.0 Å². The fraction of sp³-hybridized carbons (Fsp3) is 0.698. The molecular formula is C43H59N3O3. The molecule has 4 saturated carbocycles. The van der Waals surface area contributed by atoms with E-state index in [9.17, 15) is 10.1 Å². The van der Waals surface area contributed by atoms with Crippen molar-refractivity contribution < 1.29 is 14.3 Å². The van der Waals surface area contributed by atoms with Gasteiger partial charge < -0.3 is 15.2 Å². The van der Waals surface area contributed by atoms with Crippen LogP contribution in [0.5, 0.6) is 5.88 Å². The maximum Gasteiger partial charge on any atom is 0.316 e. The summed E-state index contributed by atoms with van der Waals surface area (Å²) in [5.74, 6) is 3.68. The monoisotopic (exact) mass is 665 g/mol. The summed E-state index contributed by atoms with van der Waals surface area (Å²) in [5.41, 5.74) is 8.15. The lowest BCUT2D eigenvalue weighted by molar-refractivity contribution is -0.228. The van der Waals surface area contributed by atoms with E-state index in [1.807, 2.05) is 0 Å². The van der Waals surface area contributed by atoms with Crippen LogP contribution in [-0.2, 0) is 9.53 Å². The maximum atomic E-state index is 14.7. The van der Waals surface area contributed by atoms with E-state index in [1.54, 1.807) is 18.3 Å². The van der Waals surface area contributed by atoms with Gasteiger partial charge in [-0.25, -0.2) is 4.98 Å². The van der Waals surface area contributed by atoms with Crippen LogP contribution in [0.1, 0.15) is 111 Å².